The molecule has 1 heterocycles. The number of hydrogen-bond acceptors (Lipinski definition) is 7. The Morgan fingerprint density at radius 1 is 1.10 bits per heavy atom. The van der Waals surface area contributed by atoms with E-state index >= 15 is 0 Å². The predicted molar refractivity (Wildman–Crippen MR) is 110 cm³/mol. The molecule has 1 N–H and O–H groups in total. The molecule has 0 bridgehead atoms. The van der Waals surface area contributed by atoms with E-state index in [-0.39, 0.29) is 26.3 Å². The lowest BCUT2D eigenvalue weighted by molar-refractivity contribution is -0.385. The number of anilines is 1. The van der Waals surface area contributed by atoms with Crippen molar-refractivity contribution in [2.75, 3.05) is 18.5 Å². The number of carbonyl (C=O) groups is 4. The summed E-state index contributed by atoms with van der Waals surface area (Å²) in [5.41, 5.74) is -1.10. The van der Waals surface area contributed by atoms with Gasteiger partial charge in [0.1, 0.15) is 12.1 Å². The third kappa shape index (κ3) is 4.61. The first kappa shape index (κ1) is 22.5. The van der Waals surface area contributed by atoms with E-state index in [0.29, 0.717) is 4.90 Å². The Hall–Kier alpha value is -3.21. The molecular weight excluding hydrogens is 477 g/mol. The van der Waals surface area contributed by atoms with Crippen molar-refractivity contribution in [2.24, 2.45) is 0 Å². The molecule has 0 saturated heterocycles. The van der Waals surface area contributed by atoms with Crippen LogP contribution in [0.25, 0.3) is 0 Å². The van der Waals surface area contributed by atoms with Crippen LogP contribution in [0.3, 0.4) is 0 Å². The van der Waals surface area contributed by atoms with Crippen LogP contribution in [-0.4, -0.2) is 46.7 Å². The van der Waals surface area contributed by atoms with Crippen LogP contribution < -0.4 is 5.32 Å². The molecule has 160 valence electrons. The van der Waals surface area contributed by atoms with Gasteiger partial charge >= 0.3 is 5.97 Å². The van der Waals surface area contributed by atoms with Gasteiger partial charge < -0.3 is 10.1 Å². The molecule has 0 saturated carbocycles. The second-order valence-corrected chi connectivity index (χ2v) is 7.36. The topological polar surface area (TPSA) is 136 Å². The summed E-state index contributed by atoms with van der Waals surface area (Å²) in [5, 5.41) is 13.8. The largest absolute Gasteiger partial charge is 0.454 e. The second-order valence-electron chi connectivity index (χ2n) is 6.11. The average Bonchev–Trinajstić information content (AvgIpc) is 2.94. The molecule has 0 atom stereocenters. The third-order valence-electron chi connectivity index (χ3n) is 4.10. The molecule has 3 amide bonds. The monoisotopic (exact) mass is 485 g/mol. The van der Waals surface area contributed by atoms with Crippen molar-refractivity contribution in [2.45, 2.75) is 0 Å². The number of fused-ring (bicyclic) bond motifs is 1. The van der Waals surface area contributed by atoms with Gasteiger partial charge in [-0.15, -0.1) is 0 Å². The molecule has 31 heavy (non-hydrogen) atoms. The van der Waals surface area contributed by atoms with Crippen LogP contribution in [0.15, 0.2) is 30.3 Å². The standard InChI is InChI=1S/C18H10Cl3N3O7/c19-8-4-10(20)16(11(21)5-8)22-13(25)7-31-14(26)6-23-17(27)9-2-1-3-12(24(29)30)15(9)18(23)28/h1-5H,6-7H2,(H,22,25). The lowest BCUT2D eigenvalue weighted by Gasteiger charge is -2.13. The summed E-state index contributed by atoms with van der Waals surface area (Å²) in [6, 6.07) is 6.25. The van der Waals surface area contributed by atoms with Crippen LogP contribution in [0, 0.1) is 10.1 Å². The Bertz CT molecular complexity index is 1130. The predicted octanol–water partition coefficient (Wildman–Crippen LogP) is 3.33. The zero-order valence-electron chi connectivity index (χ0n) is 15.2. The van der Waals surface area contributed by atoms with Crippen LogP contribution in [0.1, 0.15) is 20.7 Å². The summed E-state index contributed by atoms with van der Waals surface area (Å²) in [5.74, 6) is -3.77. The summed E-state index contributed by atoms with van der Waals surface area (Å²) in [6.45, 7) is -1.60. The number of nitrogens with zero attached hydrogens (tertiary/aromatic N) is 2. The van der Waals surface area contributed by atoms with E-state index in [1.807, 2.05) is 0 Å². The fraction of sp³-hybridized carbons (Fsp3) is 0.111. The Kier molecular flexibility index (Phi) is 6.44. The smallest absolute Gasteiger partial charge is 0.326 e. The summed E-state index contributed by atoms with van der Waals surface area (Å²) < 4.78 is 4.77. The number of benzene rings is 2. The highest BCUT2D eigenvalue weighted by Gasteiger charge is 2.41. The SMILES string of the molecule is O=C(COC(=O)CN1C(=O)c2cccc([N+](=O)[O-])c2C1=O)Nc1c(Cl)cc(Cl)cc1Cl. The summed E-state index contributed by atoms with van der Waals surface area (Å²) in [4.78, 5) is 59.6. The van der Waals surface area contributed by atoms with Crippen LogP contribution in [-0.2, 0) is 14.3 Å². The number of amides is 3. The third-order valence-corrected chi connectivity index (χ3v) is 4.91. The Morgan fingerprint density at radius 2 is 1.74 bits per heavy atom. The molecule has 0 unspecified atom stereocenters. The Morgan fingerprint density at radius 3 is 2.35 bits per heavy atom. The zero-order chi connectivity index (χ0) is 22.9. The summed E-state index contributed by atoms with van der Waals surface area (Å²) >= 11 is 17.7. The molecule has 0 aliphatic carbocycles. The maximum Gasteiger partial charge on any atom is 0.326 e. The summed E-state index contributed by atoms with van der Waals surface area (Å²) in [6.07, 6.45) is 0. The molecule has 0 fully saturated rings. The molecule has 0 spiro atoms. The van der Waals surface area contributed by atoms with Gasteiger partial charge in [-0.05, 0) is 18.2 Å². The highest BCUT2D eigenvalue weighted by Crippen LogP contribution is 2.33. The molecule has 1 aliphatic rings. The quantitative estimate of drug-likeness (QED) is 0.286. The van der Waals surface area contributed by atoms with Gasteiger partial charge in [-0.3, -0.25) is 34.2 Å². The molecule has 2 aromatic carbocycles. The minimum absolute atomic E-state index is 0.0569. The van der Waals surface area contributed by atoms with Gasteiger partial charge in [0.15, 0.2) is 6.61 Å². The first-order valence-corrected chi connectivity index (χ1v) is 9.47. The first-order valence-electron chi connectivity index (χ1n) is 8.33. The van der Waals surface area contributed by atoms with E-state index in [0.717, 1.165) is 6.07 Å². The van der Waals surface area contributed by atoms with Crippen molar-refractivity contribution in [3.05, 3.63) is 66.6 Å². The number of nitro benzene ring substituents is 1. The van der Waals surface area contributed by atoms with Gasteiger partial charge in [-0.25, -0.2) is 0 Å². The van der Waals surface area contributed by atoms with Crippen molar-refractivity contribution < 1.29 is 28.8 Å². The second kappa shape index (κ2) is 8.88. The van der Waals surface area contributed by atoms with Gasteiger partial charge in [0, 0.05) is 11.1 Å². The van der Waals surface area contributed by atoms with Crippen molar-refractivity contribution in [1.82, 2.24) is 4.90 Å². The molecule has 13 heteroatoms. The molecule has 10 nitrogen and oxygen atoms in total. The van der Waals surface area contributed by atoms with Gasteiger partial charge in [-0.1, -0.05) is 40.9 Å². The van der Waals surface area contributed by atoms with E-state index in [4.69, 9.17) is 39.5 Å². The number of carbonyl (C=O) groups excluding carboxylic acids is 4. The van der Waals surface area contributed by atoms with Crippen molar-refractivity contribution in [1.29, 1.82) is 0 Å². The number of rotatable bonds is 6. The van der Waals surface area contributed by atoms with Gasteiger partial charge in [-0.2, -0.15) is 0 Å². The molecule has 0 aromatic heterocycles. The molecule has 1 aliphatic heterocycles. The summed E-state index contributed by atoms with van der Waals surface area (Å²) in [7, 11) is 0. The number of nitro groups is 1. The molecule has 0 radical (unpaired) electrons. The molecule has 2 aromatic rings. The minimum atomic E-state index is -1.08. The molecular formula is C18H10Cl3N3O7. The first-order chi connectivity index (χ1) is 14.6. The maximum absolute atomic E-state index is 12.4. The lowest BCUT2D eigenvalue weighted by Crippen LogP contribution is -2.36. The zero-order valence-corrected chi connectivity index (χ0v) is 17.5. The van der Waals surface area contributed by atoms with Crippen LogP contribution >= 0.6 is 34.8 Å². The van der Waals surface area contributed by atoms with E-state index in [9.17, 15) is 29.3 Å². The Labute approximate surface area is 188 Å². The number of ether oxygens (including phenoxy) is 1. The maximum atomic E-state index is 12.4. The van der Waals surface area contributed by atoms with Gasteiger partial charge in [0.25, 0.3) is 23.4 Å². The number of imide groups is 1. The number of halogens is 3. The minimum Gasteiger partial charge on any atom is -0.454 e. The highest BCUT2D eigenvalue weighted by molar-refractivity contribution is 6.42. The van der Waals surface area contributed by atoms with Crippen molar-refractivity contribution in [3.8, 4) is 0 Å². The number of esters is 1. The van der Waals surface area contributed by atoms with Crippen LogP contribution in [0.4, 0.5) is 11.4 Å². The van der Waals surface area contributed by atoms with E-state index < -0.39 is 53.0 Å². The fourth-order valence-electron chi connectivity index (χ4n) is 2.77. The molecule has 3 rings (SSSR count). The van der Waals surface area contributed by atoms with Gasteiger partial charge in [0.05, 0.1) is 26.2 Å². The number of nitrogens with one attached hydrogen (secondary N) is 1. The lowest BCUT2D eigenvalue weighted by atomic mass is 10.1. The van der Waals surface area contributed by atoms with Crippen molar-refractivity contribution >= 4 is 69.9 Å². The van der Waals surface area contributed by atoms with E-state index in [1.54, 1.807) is 0 Å². The van der Waals surface area contributed by atoms with Crippen LogP contribution in [0.5, 0.6) is 0 Å². The van der Waals surface area contributed by atoms with Crippen molar-refractivity contribution in [3.63, 3.8) is 0 Å². The van der Waals surface area contributed by atoms with E-state index in [1.165, 1.54) is 24.3 Å². The average molecular weight is 487 g/mol. The number of hydrogen-bond donors (Lipinski definition) is 1. The normalized spacial score (nSPS) is 12.5. The highest BCUT2D eigenvalue weighted by atomic mass is 35.5. The fourth-order valence-corrected chi connectivity index (χ4v) is 3.68. The Balaban J connectivity index is 1.62. The van der Waals surface area contributed by atoms with Gasteiger partial charge in [0.2, 0.25) is 0 Å². The van der Waals surface area contributed by atoms with Crippen LogP contribution in [0.2, 0.25) is 15.1 Å². The van der Waals surface area contributed by atoms with E-state index in [2.05, 4.69) is 5.32 Å².